The predicted octanol–water partition coefficient (Wildman–Crippen LogP) is 4.13. The summed E-state index contributed by atoms with van der Waals surface area (Å²) in [6, 6.07) is 14.0. The van der Waals surface area contributed by atoms with Crippen LogP contribution in [0.25, 0.3) is 10.6 Å². The van der Waals surface area contributed by atoms with E-state index in [1.54, 1.807) is 23.1 Å². The maximum atomic E-state index is 13.2. The first-order chi connectivity index (χ1) is 12.7. The fraction of sp³-hybridized carbons (Fsp3) is 0.300. The third-order valence-electron chi connectivity index (χ3n) is 4.86. The molecule has 26 heavy (non-hydrogen) atoms. The van der Waals surface area contributed by atoms with Crippen LogP contribution in [0.3, 0.4) is 0 Å². The molecule has 0 bridgehead atoms. The summed E-state index contributed by atoms with van der Waals surface area (Å²) in [5, 5.41) is 6.55. The van der Waals surface area contributed by atoms with Crippen molar-refractivity contribution in [3.8, 4) is 16.3 Å². The lowest BCUT2D eigenvalue weighted by Crippen LogP contribution is -2.32. The molecule has 1 aromatic carbocycles. The zero-order valence-corrected chi connectivity index (χ0v) is 15.7. The number of aromatic nitrogens is 2. The van der Waals surface area contributed by atoms with E-state index >= 15 is 0 Å². The lowest BCUT2D eigenvalue weighted by molar-refractivity contribution is 0.0724. The first kappa shape index (κ1) is 16.8. The molecule has 0 aliphatic carbocycles. The number of ether oxygens (including phenoxy) is 1. The quantitative estimate of drug-likeness (QED) is 0.696. The van der Waals surface area contributed by atoms with Gasteiger partial charge in [0, 0.05) is 13.6 Å². The number of nitrogens with zero attached hydrogens (tertiary/aromatic N) is 3. The highest BCUT2D eigenvalue weighted by Gasteiger charge is 2.32. The molecule has 1 aliphatic heterocycles. The Hall–Kier alpha value is -2.60. The number of rotatable bonds is 4. The van der Waals surface area contributed by atoms with Crippen molar-refractivity contribution in [1.29, 1.82) is 0 Å². The monoisotopic (exact) mass is 367 g/mol. The molecule has 1 amide bonds. The Kier molecular flexibility index (Phi) is 4.51. The smallest absolute Gasteiger partial charge is 0.272 e. The second-order valence-corrected chi connectivity index (χ2v) is 7.40. The van der Waals surface area contributed by atoms with Gasteiger partial charge in [-0.1, -0.05) is 18.2 Å². The molecule has 3 aromatic rings. The summed E-state index contributed by atoms with van der Waals surface area (Å²) in [4.78, 5) is 16.3. The minimum atomic E-state index is 0.0353. The van der Waals surface area contributed by atoms with Crippen LogP contribution < -0.4 is 4.74 Å². The highest BCUT2D eigenvalue weighted by molar-refractivity contribution is 7.13. The van der Waals surface area contributed by atoms with Gasteiger partial charge >= 0.3 is 0 Å². The van der Waals surface area contributed by atoms with E-state index in [2.05, 4.69) is 11.2 Å². The summed E-state index contributed by atoms with van der Waals surface area (Å²) in [5.74, 6) is 0.857. The molecule has 0 N–H and O–H groups in total. The first-order valence-corrected chi connectivity index (χ1v) is 9.58. The molecule has 134 valence electrons. The van der Waals surface area contributed by atoms with Gasteiger partial charge in [-0.25, -0.2) is 0 Å². The van der Waals surface area contributed by atoms with Crippen molar-refractivity contribution in [2.75, 3.05) is 13.7 Å². The van der Waals surface area contributed by atoms with Crippen LogP contribution in [0.2, 0.25) is 0 Å². The van der Waals surface area contributed by atoms with Crippen LogP contribution in [0.4, 0.5) is 0 Å². The lowest BCUT2D eigenvalue weighted by atomic mass is 10.0. The Morgan fingerprint density at radius 3 is 2.92 bits per heavy atom. The molecule has 0 radical (unpaired) electrons. The van der Waals surface area contributed by atoms with Gasteiger partial charge in [0.15, 0.2) is 0 Å². The van der Waals surface area contributed by atoms with Crippen LogP contribution in [-0.2, 0) is 7.05 Å². The third-order valence-corrected chi connectivity index (χ3v) is 5.76. The highest BCUT2D eigenvalue weighted by Crippen LogP contribution is 2.35. The summed E-state index contributed by atoms with van der Waals surface area (Å²) in [6.07, 6.45) is 1.97. The van der Waals surface area contributed by atoms with Gasteiger partial charge in [0.1, 0.15) is 17.1 Å². The molecule has 0 spiro atoms. The molecule has 1 fully saturated rings. The number of hydrogen-bond donors (Lipinski definition) is 0. The van der Waals surface area contributed by atoms with Crippen molar-refractivity contribution >= 4 is 17.2 Å². The number of amides is 1. The number of benzene rings is 1. The third kappa shape index (κ3) is 3.01. The van der Waals surface area contributed by atoms with Gasteiger partial charge in [0.05, 0.1) is 18.0 Å². The minimum Gasteiger partial charge on any atom is -0.497 e. The van der Waals surface area contributed by atoms with Crippen molar-refractivity contribution in [3.05, 3.63) is 59.1 Å². The average molecular weight is 367 g/mol. The maximum Gasteiger partial charge on any atom is 0.272 e. The van der Waals surface area contributed by atoms with E-state index < -0.39 is 0 Å². The number of thiophene rings is 1. The first-order valence-electron chi connectivity index (χ1n) is 8.70. The summed E-state index contributed by atoms with van der Waals surface area (Å²) < 4.78 is 7.03. The van der Waals surface area contributed by atoms with Crippen molar-refractivity contribution in [2.45, 2.75) is 18.9 Å². The zero-order chi connectivity index (χ0) is 18.1. The Balaban J connectivity index is 1.63. The van der Waals surface area contributed by atoms with E-state index in [-0.39, 0.29) is 11.9 Å². The SMILES string of the molecule is COc1cccc(C2CCCN2C(=O)c2cc(-c3cccs3)nn2C)c1. The van der Waals surface area contributed by atoms with Crippen LogP contribution in [0.5, 0.6) is 5.75 Å². The average Bonchev–Trinajstić information content (AvgIpc) is 3.41. The molecule has 1 saturated heterocycles. The van der Waals surface area contributed by atoms with E-state index in [1.807, 2.05) is 53.7 Å². The van der Waals surface area contributed by atoms with Gasteiger partial charge < -0.3 is 9.64 Å². The molecule has 2 aromatic heterocycles. The van der Waals surface area contributed by atoms with Gasteiger partial charge in [0.2, 0.25) is 0 Å². The van der Waals surface area contributed by atoms with Gasteiger partial charge in [0.25, 0.3) is 5.91 Å². The second-order valence-electron chi connectivity index (χ2n) is 6.45. The summed E-state index contributed by atoms with van der Waals surface area (Å²) in [6.45, 7) is 0.764. The van der Waals surface area contributed by atoms with E-state index in [1.165, 1.54) is 0 Å². The Bertz CT molecular complexity index is 917. The van der Waals surface area contributed by atoms with Crippen LogP contribution in [0.15, 0.2) is 47.8 Å². The number of carbonyl (C=O) groups is 1. The van der Waals surface area contributed by atoms with Crippen molar-refractivity contribution < 1.29 is 9.53 Å². The Morgan fingerprint density at radius 2 is 2.15 bits per heavy atom. The number of hydrogen-bond acceptors (Lipinski definition) is 4. The maximum absolute atomic E-state index is 13.2. The molecule has 4 rings (SSSR count). The fourth-order valence-electron chi connectivity index (χ4n) is 3.56. The van der Waals surface area contributed by atoms with Crippen LogP contribution in [0.1, 0.15) is 34.9 Å². The molecule has 1 atom stereocenters. The van der Waals surface area contributed by atoms with Crippen molar-refractivity contribution in [3.63, 3.8) is 0 Å². The van der Waals surface area contributed by atoms with Gasteiger partial charge in [-0.2, -0.15) is 5.10 Å². The van der Waals surface area contributed by atoms with E-state index in [0.29, 0.717) is 5.69 Å². The topological polar surface area (TPSA) is 47.4 Å². The molecular weight excluding hydrogens is 346 g/mol. The van der Waals surface area contributed by atoms with Gasteiger partial charge in [-0.05, 0) is 48.1 Å². The normalized spacial score (nSPS) is 16.8. The van der Waals surface area contributed by atoms with E-state index in [4.69, 9.17) is 4.74 Å². The number of carbonyl (C=O) groups excluding carboxylic acids is 1. The lowest BCUT2D eigenvalue weighted by Gasteiger charge is -2.25. The number of methoxy groups -OCH3 is 1. The number of likely N-dealkylation sites (tertiary alicyclic amines) is 1. The highest BCUT2D eigenvalue weighted by atomic mass is 32.1. The van der Waals surface area contributed by atoms with Crippen molar-refractivity contribution in [1.82, 2.24) is 14.7 Å². The van der Waals surface area contributed by atoms with Crippen molar-refractivity contribution in [2.24, 2.45) is 7.05 Å². The molecule has 6 heteroatoms. The van der Waals surface area contributed by atoms with Gasteiger partial charge in [-0.3, -0.25) is 9.48 Å². The summed E-state index contributed by atoms with van der Waals surface area (Å²) in [5.41, 5.74) is 2.60. The standard InChI is InChI=1S/C20H21N3O2S/c1-22-18(13-16(21-22)19-9-5-11-26-19)20(24)23-10-4-8-17(23)14-6-3-7-15(12-14)25-2/h3,5-7,9,11-13,17H,4,8,10H2,1-2H3. The fourth-order valence-corrected chi connectivity index (χ4v) is 4.25. The molecular formula is C20H21N3O2S. The molecule has 5 nitrogen and oxygen atoms in total. The summed E-state index contributed by atoms with van der Waals surface area (Å²) in [7, 11) is 3.50. The largest absolute Gasteiger partial charge is 0.497 e. The zero-order valence-electron chi connectivity index (χ0n) is 14.9. The van der Waals surface area contributed by atoms with E-state index in [9.17, 15) is 4.79 Å². The summed E-state index contributed by atoms with van der Waals surface area (Å²) >= 11 is 1.63. The predicted molar refractivity (Wildman–Crippen MR) is 103 cm³/mol. The Labute approximate surface area is 156 Å². The van der Waals surface area contributed by atoms with Gasteiger partial charge in [-0.15, -0.1) is 11.3 Å². The molecule has 0 saturated carbocycles. The van der Waals surface area contributed by atoms with E-state index in [0.717, 1.165) is 41.3 Å². The van der Waals surface area contributed by atoms with Crippen LogP contribution in [-0.4, -0.2) is 34.2 Å². The van der Waals surface area contributed by atoms with Crippen LogP contribution >= 0.6 is 11.3 Å². The minimum absolute atomic E-state index is 0.0353. The Morgan fingerprint density at radius 1 is 1.27 bits per heavy atom. The molecule has 1 aliphatic rings. The molecule has 3 heterocycles. The second kappa shape index (κ2) is 6.96. The molecule has 1 unspecified atom stereocenters. The number of aryl methyl sites for hydroxylation is 1. The van der Waals surface area contributed by atoms with Crippen LogP contribution in [0, 0.1) is 0 Å².